The first-order chi connectivity index (χ1) is 15.0. The zero-order valence-electron chi connectivity index (χ0n) is 16.1. The normalized spacial score (nSPS) is 13.9. The highest BCUT2D eigenvalue weighted by Crippen LogP contribution is 2.39. The first-order valence-corrected chi connectivity index (χ1v) is 9.30. The van der Waals surface area contributed by atoms with Gasteiger partial charge in [-0.2, -0.15) is 26.3 Å². The highest BCUT2D eigenvalue weighted by molar-refractivity contribution is 6.17. The maximum Gasteiger partial charge on any atom is 0.416 e. The van der Waals surface area contributed by atoms with Crippen molar-refractivity contribution in [1.29, 1.82) is 0 Å². The molecule has 1 aliphatic rings. The summed E-state index contributed by atoms with van der Waals surface area (Å²) in [4.78, 5) is 26.9. The maximum atomic E-state index is 13.2. The fourth-order valence-corrected chi connectivity index (χ4v) is 3.63. The molecule has 32 heavy (non-hydrogen) atoms. The van der Waals surface area contributed by atoms with Crippen molar-refractivity contribution < 1.29 is 35.9 Å². The summed E-state index contributed by atoms with van der Waals surface area (Å²) in [5.41, 5.74) is -2.53. The van der Waals surface area contributed by atoms with Crippen LogP contribution in [0.4, 0.5) is 32.0 Å². The molecule has 0 unspecified atom stereocenters. The average Bonchev–Trinajstić information content (AvgIpc) is 2.87. The van der Waals surface area contributed by atoms with Crippen LogP contribution in [0.3, 0.4) is 0 Å². The van der Waals surface area contributed by atoms with Gasteiger partial charge in [-0.25, -0.2) is 0 Å². The van der Waals surface area contributed by atoms with Crippen LogP contribution < -0.4 is 4.90 Å². The lowest BCUT2D eigenvalue weighted by molar-refractivity contribution is -0.143. The quantitative estimate of drug-likeness (QED) is 0.413. The Balaban J connectivity index is 1.88. The number of ketones is 1. The third-order valence-electron chi connectivity index (χ3n) is 5.09. The van der Waals surface area contributed by atoms with E-state index < -0.39 is 47.3 Å². The lowest BCUT2D eigenvalue weighted by atomic mass is 9.97. The number of nitrogens with zero attached hydrogens (tertiary/aromatic N) is 1. The molecule has 0 N–H and O–H groups in total. The second kappa shape index (κ2) is 7.51. The summed E-state index contributed by atoms with van der Waals surface area (Å²) in [6.07, 6.45) is -10.2. The standard InChI is InChI=1S/C23H13F6NO2/c24-22(25,26)14-9-13(10-15(11-14)23(27,28)29)21(32)30-12-20(31)18-7-2-1-5-16(18)17-6-3-4-8-19(17)30/h1-11H,12H2. The molecule has 0 radical (unpaired) electrons. The van der Waals surface area contributed by atoms with Crippen molar-refractivity contribution in [2.45, 2.75) is 12.4 Å². The van der Waals surface area contributed by atoms with Gasteiger partial charge in [-0.15, -0.1) is 0 Å². The minimum absolute atomic E-state index is 0.0475. The maximum absolute atomic E-state index is 13.2. The van der Waals surface area contributed by atoms with Crippen molar-refractivity contribution >= 4 is 17.4 Å². The van der Waals surface area contributed by atoms with E-state index in [0.29, 0.717) is 28.8 Å². The minimum Gasteiger partial charge on any atom is -0.300 e. The number of carbonyl (C=O) groups is 2. The van der Waals surface area contributed by atoms with Crippen LogP contribution in [0.2, 0.25) is 0 Å². The summed E-state index contributed by atoms with van der Waals surface area (Å²) in [5.74, 6) is -1.64. The zero-order valence-corrected chi connectivity index (χ0v) is 16.1. The van der Waals surface area contributed by atoms with Crippen LogP contribution in [-0.4, -0.2) is 18.2 Å². The van der Waals surface area contributed by atoms with Crippen LogP contribution in [0.25, 0.3) is 11.1 Å². The van der Waals surface area contributed by atoms with Crippen molar-refractivity contribution in [3.8, 4) is 11.1 Å². The van der Waals surface area contributed by atoms with Gasteiger partial charge in [-0.05, 0) is 29.8 Å². The zero-order chi connectivity index (χ0) is 23.3. The second-order valence-corrected chi connectivity index (χ2v) is 7.17. The van der Waals surface area contributed by atoms with E-state index >= 15 is 0 Å². The molecule has 0 aliphatic carbocycles. The molecule has 0 saturated heterocycles. The Kier molecular flexibility index (Phi) is 5.07. The van der Waals surface area contributed by atoms with Gasteiger partial charge in [-0.1, -0.05) is 42.5 Å². The summed E-state index contributed by atoms with van der Waals surface area (Å²) < 4.78 is 79.4. The second-order valence-electron chi connectivity index (χ2n) is 7.17. The van der Waals surface area contributed by atoms with E-state index in [1.54, 1.807) is 42.5 Å². The molecule has 164 valence electrons. The van der Waals surface area contributed by atoms with Gasteiger partial charge in [0.15, 0.2) is 5.78 Å². The number of amides is 1. The van der Waals surface area contributed by atoms with E-state index in [1.807, 2.05) is 0 Å². The molecule has 3 aromatic carbocycles. The number of fused-ring (bicyclic) bond motifs is 3. The van der Waals surface area contributed by atoms with Crippen LogP contribution in [0.15, 0.2) is 66.7 Å². The number of Topliss-reactive ketones (excluding diaryl/α,β-unsaturated/α-hetero) is 1. The number of hydrogen-bond donors (Lipinski definition) is 0. The monoisotopic (exact) mass is 449 g/mol. The number of alkyl halides is 6. The number of hydrogen-bond acceptors (Lipinski definition) is 2. The topological polar surface area (TPSA) is 37.4 Å². The molecule has 1 aliphatic heterocycles. The largest absolute Gasteiger partial charge is 0.416 e. The SMILES string of the molecule is O=C1CN(C(=O)c2cc(C(F)(F)F)cc(C(F)(F)F)c2)c2ccccc2-c2ccccc21. The first-order valence-electron chi connectivity index (χ1n) is 9.30. The predicted molar refractivity (Wildman–Crippen MR) is 104 cm³/mol. The van der Waals surface area contributed by atoms with Crippen LogP contribution in [-0.2, 0) is 12.4 Å². The smallest absolute Gasteiger partial charge is 0.300 e. The van der Waals surface area contributed by atoms with Gasteiger partial charge in [-0.3, -0.25) is 14.5 Å². The predicted octanol–water partition coefficient (Wildman–Crippen LogP) is 6.23. The highest BCUT2D eigenvalue weighted by Gasteiger charge is 2.38. The van der Waals surface area contributed by atoms with Gasteiger partial charge in [0.05, 0.1) is 23.4 Å². The van der Waals surface area contributed by atoms with Crippen LogP contribution in [0, 0.1) is 0 Å². The Bertz CT molecular complexity index is 1200. The van der Waals surface area contributed by atoms with Gasteiger partial charge < -0.3 is 0 Å². The average molecular weight is 449 g/mol. The molecule has 1 amide bonds. The molecular formula is C23H13F6NO2. The number of halogens is 6. The minimum atomic E-state index is -5.10. The number of carbonyl (C=O) groups excluding carboxylic acids is 2. The van der Waals surface area contributed by atoms with Gasteiger partial charge in [0, 0.05) is 16.7 Å². The lowest BCUT2D eigenvalue weighted by Gasteiger charge is -2.23. The van der Waals surface area contributed by atoms with E-state index in [0.717, 1.165) is 4.90 Å². The molecule has 0 bridgehead atoms. The first kappa shape index (κ1) is 21.6. The molecule has 0 atom stereocenters. The Morgan fingerprint density at radius 2 is 1.22 bits per heavy atom. The lowest BCUT2D eigenvalue weighted by Crippen LogP contribution is -2.35. The third kappa shape index (κ3) is 3.86. The number of para-hydroxylation sites is 1. The van der Waals surface area contributed by atoms with Crippen LogP contribution in [0.5, 0.6) is 0 Å². The molecule has 0 saturated carbocycles. The third-order valence-corrected chi connectivity index (χ3v) is 5.09. The molecule has 0 fully saturated rings. The number of benzene rings is 3. The van der Waals surface area contributed by atoms with E-state index in [1.165, 1.54) is 6.07 Å². The van der Waals surface area contributed by atoms with Crippen molar-refractivity contribution in [2.75, 3.05) is 11.4 Å². The fraction of sp³-hybridized carbons (Fsp3) is 0.130. The Morgan fingerprint density at radius 1 is 0.719 bits per heavy atom. The van der Waals surface area contributed by atoms with Gasteiger partial charge in [0.2, 0.25) is 0 Å². The highest BCUT2D eigenvalue weighted by atomic mass is 19.4. The summed E-state index contributed by atoms with van der Waals surface area (Å²) in [5, 5.41) is 0. The van der Waals surface area contributed by atoms with E-state index in [-0.39, 0.29) is 11.8 Å². The summed E-state index contributed by atoms with van der Waals surface area (Å²) in [6, 6.07) is 13.5. The molecule has 1 heterocycles. The van der Waals surface area contributed by atoms with Crippen molar-refractivity contribution in [2.24, 2.45) is 0 Å². The van der Waals surface area contributed by atoms with E-state index in [9.17, 15) is 35.9 Å². The molecule has 0 aromatic heterocycles. The van der Waals surface area contributed by atoms with Gasteiger partial charge in [0.1, 0.15) is 0 Å². The van der Waals surface area contributed by atoms with Crippen LogP contribution in [0.1, 0.15) is 31.8 Å². The Hall–Kier alpha value is -3.62. The number of rotatable bonds is 1. The summed E-state index contributed by atoms with van der Waals surface area (Å²) >= 11 is 0. The molecule has 3 nitrogen and oxygen atoms in total. The summed E-state index contributed by atoms with van der Waals surface area (Å²) in [6.45, 7) is -0.537. The van der Waals surface area contributed by atoms with Crippen molar-refractivity contribution in [3.05, 3.63) is 89.0 Å². The Morgan fingerprint density at radius 3 is 1.78 bits per heavy atom. The fourth-order valence-electron chi connectivity index (χ4n) is 3.63. The van der Waals surface area contributed by atoms with Gasteiger partial charge in [0.25, 0.3) is 5.91 Å². The van der Waals surface area contributed by atoms with Crippen LogP contribution >= 0.6 is 0 Å². The van der Waals surface area contributed by atoms with E-state index in [2.05, 4.69) is 0 Å². The Labute approximate surface area is 177 Å². The molecule has 9 heteroatoms. The van der Waals surface area contributed by atoms with Crippen molar-refractivity contribution in [3.63, 3.8) is 0 Å². The van der Waals surface area contributed by atoms with Gasteiger partial charge >= 0.3 is 12.4 Å². The molecule has 4 rings (SSSR count). The molecule has 3 aromatic rings. The van der Waals surface area contributed by atoms with E-state index in [4.69, 9.17) is 0 Å². The number of anilines is 1. The molecular weight excluding hydrogens is 436 g/mol. The summed E-state index contributed by atoms with van der Waals surface area (Å²) in [7, 11) is 0. The molecule has 0 spiro atoms. The van der Waals surface area contributed by atoms with Crippen molar-refractivity contribution in [1.82, 2.24) is 0 Å².